The van der Waals surface area contributed by atoms with Crippen molar-refractivity contribution in [1.82, 2.24) is 9.97 Å². The summed E-state index contributed by atoms with van der Waals surface area (Å²) in [5.41, 5.74) is -0.979. The van der Waals surface area contributed by atoms with Gasteiger partial charge in [-0.2, -0.15) is 18.2 Å². The van der Waals surface area contributed by atoms with Gasteiger partial charge in [0.1, 0.15) is 5.82 Å². The predicted molar refractivity (Wildman–Crippen MR) is 75.2 cm³/mol. The van der Waals surface area contributed by atoms with Crippen LogP contribution in [0.5, 0.6) is 0 Å². The molecule has 8 heteroatoms. The van der Waals surface area contributed by atoms with E-state index in [1.807, 2.05) is 13.8 Å². The highest BCUT2D eigenvalue weighted by Gasteiger charge is 2.33. The molecule has 0 aliphatic rings. The molecule has 0 saturated carbocycles. The molecule has 0 bridgehead atoms. The van der Waals surface area contributed by atoms with E-state index >= 15 is 0 Å². The van der Waals surface area contributed by atoms with Crippen molar-refractivity contribution in [2.75, 3.05) is 23.8 Å². The lowest BCUT2D eigenvalue weighted by Gasteiger charge is -2.16. The fourth-order valence-electron chi connectivity index (χ4n) is 1.70. The first-order valence-electron chi connectivity index (χ1n) is 6.94. The third kappa shape index (κ3) is 6.16. The topological polar surface area (TPSA) is 70.1 Å². The van der Waals surface area contributed by atoms with Gasteiger partial charge in [-0.05, 0) is 26.2 Å². The van der Waals surface area contributed by atoms with Crippen molar-refractivity contribution in [3.63, 3.8) is 0 Å². The van der Waals surface area contributed by atoms with Crippen molar-refractivity contribution in [2.45, 2.75) is 45.3 Å². The quantitative estimate of drug-likeness (QED) is 0.689. The molecular formula is C13H21F3N4O. The number of aliphatic hydroxyl groups is 1. The van der Waals surface area contributed by atoms with Crippen LogP contribution in [0, 0.1) is 0 Å². The summed E-state index contributed by atoms with van der Waals surface area (Å²) < 4.78 is 38.5. The number of halogens is 3. The summed E-state index contributed by atoms with van der Waals surface area (Å²) in [6, 6.07) is 0.805. The molecule has 1 unspecified atom stereocenters. The molecule has 1 heterocycles. The van der Waals surface area contributed by atoms with Crippen LogP contribution < -0.4 is 10.6 Å². The number of nitrogens with zero attached hydrogens (tertiary/aromatic N) is 2. The summed E-state index contributed by atoms with van der Waals surface area (Å²) in [5.74, 6) is 0.0879. The lowest BCUT2D eigenvalue weighted by Crippen LogP contribution is -2.19. The van der Waals surface area contributed by atoms with E-state index in [1.54, 1.807) is 0 Å². The molecule has 1 rings (SSSR count). The van der Waals surface area contributed by atoms with E-state index in [0.29, 0.717) is 19.4 Å². The Morgan fingerprint density at radius 2 is 2.05 bits per heavy atom. The van der Waals surface area contributed by atoms with Gasteiger partial charge in [0, 0.05) is 25.3 Å². The average molecular weight is 306 g/mol. The molecule has 0 aromatic carbocycles. The fraction of sp³-hybridized carbons (Fsp3) is 0.692. The van der Waals surface area contributed by atoms with Crippen LogP contribution >= 0.6 is 0 Å². The third-order valence-electron chi connectivity index (χ3n) is 2.74. The van der Waals surface area contributed by atoms with E-state index in [2.05, 4.69) is 20.6 Å². The highest BCUT2D eigenvalue weighted by Crippen LogP contribution is 2.29. The second kappa shape index (κ2) is 8.02. The Morgan fingerprint density at radius 3 is 2.62 bits per heavy atom. The van der Waals surface area contributed by atoms with Gasteiger partial charge in [0.15, 0.2) is 5.69 Å². The molecule has 1 aromatic heterocycles. The van der Waals surface area contributed by atoms with Crippen LogP contribution in [0.3, 0.4) is 0 Å². The Bertz CT molecular complexity index is 440. The molecule has 0 amide bonds. The van der Waals surface area contributed by atoms with Crippen molar-refractivity contribution in [2.24, 2.45) is 0 Å². The SMILES string of the molecule is CCCNc1nc(NC(C)CCCO)cc(C(F)(F)F)n1. The Kier molecular flexibility index (Phi) is 6.67. The Labute approximate surface area is 122 Å². The summed E-state index contributed by atoms with van der Waals surface area (Å²) in [4.78, 5) is 7.52. The van der Waals surface area contributed by atoms with Crippen LogP contribution in [-0.2, 0) is 6.18 Å². The van der Waals surface area contributed by atoms with Crippen molar-refractivity contribution < 1.29 is 18.3 Å². The van der Waals surface area contributed by atoms with E-state index in [4.69, 9.17) is 5.11 Å². The van der Waals surface area contributed by atoms with Gasteiger partial charge in [-0.15, -0.1) is 0 Å². The Morgan fingerprint density at radius 1 is 1.33 bits per heavy atom. The summed E-state index contributed by atoms with van der Waals surface area (Å²) in [6.45, 7) is 4.27. The molecule has 5 nitrogen and oxygen atoms in total. The molecule has 21 heavy (non-hydrogen) atoms. The average Bonchev–Trinajstić information content (AvgIpc) is 2.41. The van der Waals surface area contributed by atoms with Crippen molar-refractivity contribution >= 4 is 11.8 Å². The normalized spacial score (nSPS) is 13.0. The number of anilines is 2. The Balaban J connectivity index is 2.90. The van der Waals surface area contributed by atoms with Gasteiger partial charge in [0.05, 0.1) is 0 Å². The number of nitrogens with one attached hydrogen (secondary N) is 2. The maximum atomic E-state index is 12.8. The van der Waals surface area contributed by atoms with Gasteiger partial charge in [0.25, 0.3) is 0 Å². The van der Waals surface area contributed by atoms with Crippen LogP contribution in [0.15, 0.2) is 6.07 Å². The van der Waals surface area contributed by atoms with E-state index in [0.717, 1.165) is 12.5 Å². The van der Waals surface area contributed by atoms with Crippen LogP contribution in [0.4, 0.5) is 24.9 Å². The van der Waals surface area contributed by atoms with Crippen LogP contribution in [0.2, 0.25) is 0 Å². The van der Waals surface area contributed by atoms with Gasteiger partial charge >= 0.3 is 6.18 Å². The zero-order valence-electron chi connectivity index (χ0n) is 12.2. The lowest BCUT2D eigenvalue weighted by molar-refractivity contribution is -0.141. The monoisotopic (exact) mass is 306 g/mol. The van der Waals surface area contributed by atoms with Crippen molar-refractivity contribution in [3.8, 4) is 0 Å². The van der Waals surface area contributed by atoms with Gasteiger partial charge in [0.2, 0.25) is 5.95 Å². The number of hydrogen-bond acceptors (Lipinski definition) is 5. The Hall–Kier alpha value is -1.57. The number of hydrogen-bond donors (Lipinski definition) is 3. The first-order valence-corrected chi connectivity index (χ1v) is 6.94. The van der Waals surface area contributed by atoms with Gasteiger partial charge in [-0.25, -0.2) is 4.98 Å². The minimum absolute atomic E-state index is 0.0384. The van der Waals surface area contributed by atoms with E-state index < -0.39 is 11.9 Å². The number of aromatic nitrogens is 2. The predicted octanol–water partition coefficient (Wildman–Crippen LogP) is 2.89. The molecule has 0 radical (unpaired) electrons. The second-order valence-corrected chi connectivity index (χ2v) is 4.80. The molecular weight excluding hydrogens is 285 g/mol. The van der Waals surface area contributed by atoms with Crippen molar-refractivity contribution in [3.05, 3.63) is 11.8 Å². The largest absolute Gasteiger partial charge is 0.433 e. The summed E-state index contributed by atoms with van der Waals surface area (Å²) in [7, 11) is 0. The molecule has 120 valence electrons. The molecule has 0 fully saturated rings. The lowest BCUT2D eigenvalue weighted by atomic mass is 10.2. The third-order valence-corrected chi connectivity index (χ3v) is 2.74. The summed E-state index contributed by atoms with van der Waals surface area (Å²) in [6.07, 6.45) is -2.54. The molecule has 0 aliphatic heterocycles. The standard InChI is InChI=1S/C13H21F3N4O/c1-3-6-17-12-19-10(13(14,15)16)8-11(20-12)18-9(2)5-4-7-21/h8-9,21H,3-7H2,1-2H3,(H2,17,18,19,20). The van der Waals surface area contributed by atoms with Gasteiger partial charge < -0.3 is 15.7 Å². The van der Waals surface area contributed by atoms with Crippen LogP contribution in [0.1, 0.15) is 38.8 Å². The van der Waals surface area contributed by atoms with Crippen molar-refractivity contribution in [1.29, 1.82) is 0 Å². The molecule has 1 aromatic rings. The minimum Gasteiger partial charge on any atom is -0.396 e. The summed E-state index contributed by atoms with van der Waals surface area (Å²) in [5, 5.41) is 14.4. The smallest absolute Gasteiger partial charge is 0.396 e. The molecule has 0 saturated heterocycles. The van der Waals surface area contributed by atoms with Gasteiger partial charge in [-0.3, -0.25) is 0 Å². The zero-order valence-corrected chi connectivity index (χ0v) is 12.2. The van der Waals surface area contributed by atoms with Crippen LogP contribution in [0.25, 0.3) is 0 Å². The molecule has 0 spiro atoms. The second-order valence-electron chi connectivity index (χ2n) is 4.80. The molecule has 3 N–H and O–H groups in total. The van der Waals surface area contributed by atoms with E-state index in [-0.39, 0.29) is 24.4 Å². The van der Waals surface area contributed by atoms with Crippen LogP contribution in [-0.4, -0.2) is 34.3 Å². The number of alkyl halides is 3. The molecule has 1 atom stereocenters. The van der Waals surface area contributed by atoms with E-state index in [1.165, 1.54) is 0 Å². The van der Waals surface area contributed by atoms with Gasteiger partial charge in [-0.1, -0.05) is 6.92 Å². The fourth-order valence-corrected chi connectivity index (χ4v) is 1.70. The maximum Gasteiger partial charge on any atom is 0.433 e. The van der Waals surface area contributed by atoms with E-state index in [9.17, 15) is 13.2 Å². The number of rotatable bonds is 8. The summed E-state index contributed by atoms with van der Waals surface area (Å²) >= 11 is 0. The highest BCUT2D eigenvalue weighted by atomic mass is 19.4. The highest BCUT2D eigenvalue weighted by molar-refractivity contribution is 5.43. The minimum atomic E-state index is -4.52. The zero-order chi connectivity index (χ0) is 15.9. The maximum absolute atomic E-state index is 12.8. The first kappa shape index (κ1) is 17.5. The number of aliphatic hydroxyl groups excluding tert-OH is 1. The first-order chi connectivity index (χ1) is 9.86. The molecule has 0 aliphatic carbocycles.